The van der Waals surface area contributed by atoms with Crippen LogP contribution in [0.25, 0.3) is 0 Å². The lowest BCUT2D eigenvalue weighted by Crippen LogP contribution is -2.26. The van der Waals surface area contributed by atoms with E-state index in [-0.39, 0.29) is 0 Å². The smallest absolute Gasteiger partial charge is 0.404 e. The van der Waals surface area contributed by atoms with Crippen molar-refractivity contribution in [3.63, 3.8) is 0 Å². The summed E-state index contributed by atoms with van der Waals surface area (Å²) in [6.45, 7) is 7.69. The fraction of sp³-hybridized carbons (Fsp3) is 0.875. The lowest BCUT2D eigenvalue weighted by atomic mass is 10.3. The highest BCUT2D eigenvalue weighted by molar-refractivity contribution is 6.69. The van der Waals surface area contributed by atoms with Crippen molar-refractivity contribution < 1.29 is 14.3 Å². The molecule has 0 radical (unpaired) electrons. The van der Waals surface area contributed by atoms with Gasteiger partial charge in [-0.3, -0.25) is 0 Å². The molecule has 0 saturated carbocycles. The normalized spacial score (nSPS) is 11.3. The van der Waals surface area contributed by atoms with Crippen LogP contribution in [0.15, 0.2) is 0 Å². The summed E-state index contributed by atoms with van der Waals surface area (Å²) in [6, 6.07) is 0. The van der Waals surface area contributed by atoms with E-state index in [4.69, 9.17) is 9.53 Å². The Morgan fingerprint density at radius 3 is 2.46 bits per heavy atom. The number of amides is 1. The Kier molecular flexibility index (Phi) is 5.73. The maximum Gasteiger partial charge on any atom is 0.404 e. The van der Waals surface area contributed by atoms with E-state index in [9.17, 15) is 4.79 Å². The zero-order valence-electron chi connectivity index (χ0n) is 8.59. The third-order valence-electron chi connectivity index (χ3n) is 1.38. The van der Waals surface area contributed by atoms with Crippen molar-refractivity contribution in [2.45, 2.75) is 32.5 Å². The van der Waals surface area contributed by atoms with Crippen molar-refractivity contribution in [2.75, 3.05) is 13.2 Å². The molecule has 0 bridgehead atoms. The molecule has 0 fully saturated rings. The van der Waals surface area contributed by atoms with Gasteiger partial charge in [0.25, 0.3) is 0 Å². The van der Waals surface area contributed by atoms with E-state index >= 15 is 0 Å². The summed E-state index contributed by atoms with van der Waals surface area (Å²) in [4.78, 5) is 10.1. The number of carboxylic acid groups (broad SMARTS) is 1. The lowest BCUT2D eigenvalue weighted by molar-refractivity contribution is 0.193. The maximum atomic E-state index is 10.1. The molecule has 0 spiro atoms. The predicted molar refractivity (Wildman–Crippen MR) is 54.6 cm³/mol. The molecule has 0 atom stereocenters. The van der Waals surface area contributed by atoms with E-state index in [2.05, 4.69) is 25.0 Å². The summed E-state index contributed by atoms with van der Waals surface area (Å²) in [5.41, 5.74) is 0. The first-order valence-electron chi connectivity index (χ1n) is 4.52. The van der Waals surface area contributed by atoms with Crippen LogP contribution in [-0.2, 0) is 4.43 Å². The van der Waals surface area contributed by atoms with Crippen LogP contribution in [0.1, 0.15) is 12.8 Å². The molecule has 4 nitrogen and oxygen atoms in total. The topological polar surface area (TPSA) is 58.6 Å². The minimum absolute atomic E-state index is 0.518. The fourth-order valence-corrected chi connectivity index (χ4v) is 1.56. The van der Waals surface area contributed by atoms with Gasteiger partial charge in [0.1, 0.15) is 0 Å². The highest BCUT2D eigenvalue weighted by Gasteiger charge is 2.12. The number of carbonyl (C=O) groups is 1. The van der Waals surface area contributed by atoms with Gasteiger partial charge < -0.3 is 14.8 Å². The van der Waals surface area contributed by atoms with E-state index in [1.165, 1.54) is 0 Å². The third-order valence-corrected chi connectivity index (χ3v) is 2.45. The Bertz CT molecular complexity index is 156. The number of rotatable bonds is 6. The molecule has 0 aromatic carbocycles. The van der Waals surface area contributed by atoms with E-state index in [1.807, 2.05) is 0 Å². The van der Waals surface area contributed by atoms with Crippen LogP contribution in [0, 0.1) is 0 Å². The second-order valence-electron chi connectivity index (χ2n) is 3.90. The SMILES string of the molecule is C[Si](C)(C)OCCCCNC(=O)O. The van der Waals surface area contributed by atoms with Crippen molar-refractivity contribution in [1.82, 2.24) is 5.32 Å². The standard InChI is InChI=1S/C8H19NO3Si/c1-13(2,3)12-7-5-4-6-9-8(10)11/h9H,4-7H2,1-3H3,(H,10,11). The van der Waals surface area contributed by atoms with Gasteiger partial charge in [0.15, 0.2) is 8.32 Å². The van der Waals surface area contributed by atoms with Gasteiger partial charge in [-0.25, -0.2) is 4.79 Å². The molecular formula is C8H19NO3Si. The van der Waals surface area contributed by atoms with Crippen molar-refractivity contribution in [3.05, 3.63) is 0 Å². The van der Waals surface area contributed by atoms with Gasteiger partial charge in [-0.2, -0.15) is 0 Å². The number of hydrogen-bond acceptors (Lipinski definition) is 2. The van der Waals surface area contributed by atoms with Gasteiger partial charge in [-0.15, -0.1) is 0 Å². The monoisotopic (exact) mass is 205 g/mol. The molecule has 0 aromatic rings. The van der Waals surface area contributed by atoms with E-state index in [0.717, 1.165) is 19.4 Å². The fourth-order valence-electron chi connectivity index (χ4n) is 0.801. The molecule has 0 aromatic heterocycles. The van der Waals surface area contributed by atoms with E-state index < -0.39 is 14.4 Å². The molecule has 0 heterocycles. The average molecular weight is 205 g/mol. The number of unbranched alkanes of at least 4 members (excludes halogenated alkanes) is 1. The first kappa shape index (κ1) is 12.4. The van der Waals surface area contributed by atoms with Crippen LogP contribution in [0.4, 0.5) is 4.79 Å². The van der Waals surface area contributed by atoms with Gasteiger partial charge >= 0.3 is 6.09 Å². The zero-order chi connectivity index (χ0) is 10.3. The van der Waals surface area contributed by atoms with Crippen molar-refractivity contribution in [2.24, 2.45) is 0 Å². The molecule has 0 aliphatic rings. The quantitative estimate of drug-likeness (QED) is 0.514. The Labute approximate surface area is 80.4 Å². The van der Waals surface area contributed by atoms with Gasteiger partial charge in [-0.05, 0) is 32.5 Å². The molecule has 78 valence electrons. The molecule has 0 unspecified atom stereocenters. The molecule has 0 saturated heterocycles. The minimum atomic E-state index is -1.38. The van der Waals surface area contributed by atoms with Gasteiger partial charge in [0, 0.05) is 13.2 Å². The Hall–Kier alpha value is -0.553. The molecule has 0 aliphatic carbocycles. The number of hydrogen-bond donors (Lipinski definition) is 2. The molecule has 1 amide bonds. The van der Waals surface area contributed by atoms with Gasteiger partial charge in [-0.1, -0.05) is 0 Å². The summed E-state index contributed by atoms with van der Waals surface area (Å²) < 4.78 is 5.60. The average Bonchev–Trinajstić information content (AvgIpc) is 1.93. The largest absolute Gasteiger partial charge is 0.465 e. The lowest BCUT2D eigenvalue weighted by Gasteiger charge is -2.16. The zero-order valence-corrected chi connectivity index (χ0v) is 9.59. The summed E-state index contributed by atoms with van der Waals surface area (Å²) in [5.74, 6) is 0. The van der Waals surface area contributed by atoms with Gasteiger partial charge in [0.2, 0.25) is 0 Å². The Balaban J connectivity index is 3.13. The highest BCUT2D eigenvalue weighted by Crippen LogP contribution is 2.03. The predicted octanol–water partition coefficient (Wildman–Crippen LogP) is 1.89. The number of nitrogens with one attached hydrogen (secondary N) is 1. The summed E-state index contributed by atoms with van der Waals surface area (Å²) >= 11 is 0. The third kappa shape index (κ3) is 11.4. The van der Waals surface area contributed by atoms with Crippen molar-refractivity contribution >= 4 is 14.4 Å². The van der Waals surface area contributed by atoms with E-state index in [1.54, 1.807) is 0 Å². The van der Waals surface area contributed by atoms with Crippen LogP contribution in [0.3, 0.4) is 0 Å². The molecule has 0 aliphatic heterocycles. The summed E-state index contributed by atoms with van der Waals surface area (Å²) in [5, 5.41) is 10.6. The molecule has 5 heteroatoms. The van der Waals surface area contributed by atoms with Gasteiger partial charge in [0.05, 0.1) is 0 Å². The van der Waals surface area contributed by atoms with E-state index in [0.29, 0.717) is 6.54 Å². The van der Waals surface area contributed by atoms with Crippen molar-refractivity contribution in [1.29, 1.82) is 0 Å². The van der Waals surface area contributed by atoms with Crippen LogP contribution in [0.2, 0.25) is 19.6 Å². The second kappa shape index (κ2) is 5.99. The highest BCUT2D eigenvalue weighted by atomic mass is 28.4. The minimum Gasteiger partial charge on any atom is -0.465 e. The van der Waals surface area contributed by atoms with Crippen LogP contribution in [0.5, 0.6) is 0 Å². The Morgan fingerprint density at radius 2 is 2.00 bits per heavy atom. The molecule has 13 heavy (non-hydrogen) atoms. The van der Waals surface area contributed by atoms with Crippen LogP contribution >= 0.6 is 0 Å². The van der Waals surface area contributed by atoms with Crippen molar-refractivity contribution in [3.8, 4) is 0 Å². The summed E-state index contributed by atoms with van der Waals surface area (Å²) in [7, 11) is -1.38. The van der Waals surface area contributed by atoms with Crippen LogP contribution in [-0.4, -0.2) is 32.7 Å². The first-order valence-corrected chi connectivity index (χ1v) is 7.93. The molecule has 2 N–H and O–H groups in total. The molecular weight excluding hydrogens is 186 g/mol. The summed E-state index contributed by atoms with van der Waals surface area (Å²) in [6.07, 6.45) is 0.813. The van der Waals surface area contributed by atoms with Crippen LogP contribution < -0.4 is 5.32 Å². The first-order chi connectivity index (χ1) is 5.92. The Morgan fingerprint density at radius 1 is 1.38 bits per heavy atom. The molecule has 0 rings (SSSR count). The maximum absolute atomic E-state index is 10.1. The second-order valence-corrected chi connectivity index (χ2v) is 8.41.